The molecule has 0 saturated carbocycles. The summed E-state index contributed by atoms with van der Waals surface area (Å²) in [5.41, 5.74) is 2.04. The Labute approximate surface area is 189 Å². The minimum absolute atomic E-state index is 0.0276. The van der Waals surface area contributed by atoms with E-state index >= 15 is 0 Å². The van der Waals surface area contributed by atoms with E-state index in [4.69, 9.17) is 21.7 Å². The Kier molecular flexibility index (Phi) is 9.22. The largest absolute Gasteiger partial charge is 0.490 e. The number of halogens is 1. The van der Waals surface area contributed by atoms with Crippen molar-refractivity contribution in [2.75, 3.05) is 39.7 Å². The lowest BCUT2D eigenvalue weighted by atomic mass is 10.1. The molecule has 0 aliphatic heterocycles. The number of likely N-dealkylation sites (N-methyl/N-ethyl adjacent to an activating group) is 1. The molecule has 160 valence electrons. The molecule has 2 rings (SSSR count). The van der Waals surface area contributed by atoms with E-state index in [-0.39, 0.29) is 16.9 Å². The molecule has 2 amide bonds. The van der Waals surface area contributed by atoms with Crippen LogP contribution in [0.1, 0.15) is 15.9 Å². The molecule has 0 atom stereocenters. The number of rotatable bonds is 8. The SMILES string of the molecule is COCCOc1ccc(C(=O)NC(=S)Nc2ccc(CC(=O)N(C)C)cc2)cc1Br. The minimum atomic E-state index is -0.343. The summed E-state index contributed by atoms with van der Waals surface area (Å²) in [4.78, 5) is 25.8. The topological polar surface area (TPSA) is 79.9 Å². The Morgan fingerprint density at radius 3 is 2.40 bits per heavy atom. The van der Waals surface area contributed by atoms with Gasteiger partial charge in [0.15, 0.2) is 5.11 Å². The first kappa shape index (κ1) is 23.8. The third-order valence-electron chi connectivity index (χ3n) is 4.03. The van der Waals surface area contributed by atoms with Gasteiger partial charge in [-0.3, -0.25) is 14.9 Å². The zero-order valence-corrected chi connectivity index (χ0v) is 19.4. The second kappa shape index (κ2) is 11.6. The first-order valence-corrected chi connectivity index (χ1v) is 10.3. The van der Waals surface area contributed by atoms with Gasteiger partial charge in [-0.25, -0.2) is 0 Å². The number of nitrogens with zero attached hydrogens (tertiary/aromatic N) is 1. The minimum Gasteiger partial charge on any atom is -0.490 e. The molecule has 7 nitrogen and oxygen atoms in total. The monoisotopic (exact) mass is 493 g/mol. The summed E-state index contributed by atoms with van der Waals surface area (Å²) < 4.78 is 11.2. The maximum atomic E-state index is 12.4. The average Bonchev–Trinajstić information content (AvgIpc) is 2.70. The van der Waals surface area contributed by atoms with Gasteiger partial charge in [-0.1, -0.05) is 12.1 Å². The molecule has 0 bridgehead atoms. The summed E-state index contributed by atoms with van der Waals surface area (Å²) in [5, 5.41) is 5.78. The Morgan fingerprint density at radius 2 is 1.80 bits per heavy atom. The quantitative estimate of drug-likeness (QED) is 0.434. The predicted octanol–water partition coefficient (Wildman–Crippen LogP) is 3.23. The van der Waals surface area contributed by atoms with Gasteiger partial charge in [-0.15, -0.1) is 0 Å². The number of ether oxygens (including phenoxy) is 2. The molecule has 0 aromatic heterocycles. The van der Waals surface area contributed by atoms with Crippen LogP contribution in [-0.2, 0) is 16.0 Å². The first-order chi connectivity index (χ1) is 14.3. The maximum absolute atomic E-state index is 12.4. The standard InChI is InChI=1S/C21H24BrN3O4S/c1-25(2)19(26)12-14-4-7-16(8-5-14)23-21(30)24-20(27)15-6-9-18(17(22)13-15)29-11-10-28-3/h4-9,13H,10-12H2,1-3H3,(H2,23,24,27,30). The van der Waals surface area contributed by atoms with Crippen molar-refractivity contribution in [3.8, 4) is 5.75 Å². The summed E-state index contributed by atoms with van der Waals surface area (Å²) in [6.45, 7) is 0.887. The highest BCUT2D eigenvalue weighted by Gasteiger charge is 2.11. The van der Waals surface area contributed by atoms with Crippen molar-refractivity contribution in [2.45, 2.75) is 6.42 Å². The van der Waals surface area contributed by atoms with Crippen molar-refractivity contribution >= 4 is 50.8 Å². The fourth-order valence-electron chi connectivity index (χ4n) is 2.37. The van der Waals surface area contributed by atoms with Gasteiger partial charge in [-0.05, 0) is 64.0 Å². The molecule has 0 fully saturated rings. The summed E-state index contributed by atoms with van der Waals surface area (Å²) in [6, 6.07) is 12.3. The normalized spacial score (nSPS) is 10.3. The number of hydrogen-bond acceptors (Lipinski definition) is 5. The van der Waals surface area contributed by atoms with Gasteiger partial charge < -0.3 is 19.7 Å². The lowest BCUT2D eigenvalue weighted by Gasteiger charge is -2.12. The number of benzene rings is 2. The lowest BCUT2D eigenvalue weighted by molar-refractivity contribution is -0.127. The number of anilines is 1. The van der Waals surface area contributed by atoms with Crippen LogP contribution in [0.25, 0.3) is 0 Å². The molecule has 9 heteroatoms. The van der Waals surface area contributed by atoms with Crippen molar-refractivity contribution in [3.63, 3.8) is 0 Å². The summed E-state index contributed by atoms with van der Waals surface area (Å²) in [5.74, 6) is 0.307. The molecule has 0 radical (unpaired) electrons. The lowest BCUT2D eigenvalue weighted by Crippen LogP contribution is -2.34. The van der Waals surface area contributed by atoms with Crippen LogP contribution in [0.3, 0.4) is 0 Å². The van der Waals surface area contributed by atoms with E-state index in [2.05, 4.69) is 26.6 Å². The highest BCUT2D eigenvalue weighted by molar-refractivity contribution is 9.10. The van der Waals surface area contributed by atoms with Crippen molar-refractivity contribution < 1.29 is 19.1 Å². The molecule has 0 spiro atoms. The van der Waals surface area contributed by atoms with Gasteiger partial charge in [0.2, 0.25) is 5.91 Å². The van der Waals surface area contributed by atoms with Crippen LogP contribution in [0.4, 0.5) is 5.69 Å². The number of nitrogens with one attached hydrogen (secondary N) is 2. The van der Waals surface area contributed by atoms with Gasteiger partial charge in [0.05, 0.1) is 17.5 Å². The van der Waals surface area contributed by atoms with E-state index in [1.807, 2.05) is 12.1 Å². The molecule has 0 saturated heterocycles. The Hall–Kier alpha value is -2.49. The predicted molar refractivity (Wildman–Crippen MR) is 124 cm³/mol. The zero-order chi connectivity index (χ0) is 22.1. The second-order valence-corrected chi connectivity index (χ2v) is 7.82. The van der Waals surface area contributed by atoms with Gasteiger partial charge in [0.25, 0.3) is 5.91 Å². The van der Waals surface area contributed by atoms with Crippen LogP contribution in [-0.4, -0.2) is 56.2 Å². The highest BCUT2D eigenvalue weighted by Crippen LogP contribution is 2.26. The third-order valence-corrected chi connectivity index (χ3v) is 4.86. The van der Waals surface area contributed by atoms with Crippen molar-refractivity contribution in [1.29, 1.82) is 0 Å². The number of hydrogen-bond donors (Lipinski definition) is 2. The van der Waals surface area contributed by atoms with E-state index < -0.39 is 0 Å². The molecule has 2 aromatic carbocycles. The average molecular weight is 494 g/mol. The van der Waals surface area contributed by atoms with Crippen molar-refractivity contribution in [2.24, 2.45) is 0 Å². The molecule has 0 heterocycles. The molecule has 0 aliphatic rings. The Bertz CT molecular complexity index is 904. The Balaban J connectivity index is 1.90. The van der Waals surface area contributed by atoms with Crippen LogP contribution in [0, 0.1) is 0 Å². The van der Waals surface area contributed by atoms with E-state index in [0.717, 1.165) is 5.56 Å². The van der Waals surface area contributed by atoms with Crippen LogP contribution in [0.15, 0.2) is 46.9 Å². The number of methoxy groups -OCH3 is 1. The molecule has 0 unspecified atom stereocenters. The summed E-state index contributed by atoms with van der Waals surface area (Å²) in [6.07, 6.45) is 0.328. The van der Waals surface area contributed by atoms with E-state index in [1.54, 1.807) is 56.4 Å². The van der Waals surface area contributed by atoms with Gasteiger partial charge in [-0.2, -0.15) is 0 Å². The first-order valence-electron chi connectivity index (χ1n) is 9.13. The molecular formula is C21H24BrN3O4S. The summed E-state index contributed by atoms with van der Waals surface area (Å²) in [7, 11) is 5.04. The fourth-order valence-corrected chi connectivity index (χ4v) is 3.07. The molecule has 2 N–H and O–H groups in total. The number of carbonyl (C=O) groups is 2. The molecule has 30 heavy (non-hydrogen) atoms. The zero-order valence-electron chi connectivity index (χ0n) is 17.0. The van der Waals surface area contributed by atoms with Crippen LogP contribution in [0.5, 0.6) is 5.75 Å². The second-order valence-electron chi connectivity index (χ2n) is 6.56. The van der Waals surface area contributed by atoms with E-state index in [0.29, 0.717) is 41.1 Å². The summed E-state index contributed by atoms with van der Waals surface area (Å²) >= 11 is 8.62. The smallest absolute Gasteiger partial charge is 0.257 e. The molecule has 0 aliphatic carbocycles. The van der Waals surface area contributed by atoms with Crippen molar-refractivity contribution in [3.05, 3.63) is 58.1 Å². The van der Waals surface area contributed by atoms with Gasteiger partial charge in [0, 0.05) is 32.5 Å². The van der Waals surface area contributed by atoms with Crippen LogP contribution < -0.4 is 15.4 Å². The van der Waals surface area contributed by atoms with Gasteiger partial charge in [0.1, 0.15) is 12.4 Å². The van der Waals surface area contributed by atoms with Crippen LogP contribution in [0.2, 0.25) is 0 Å². The van der Waals surface area contributed by atoms with E-state index in [9.17, 15) is 9.59 Å². The highest BCUT2D eigenvalue weighted by atomic mass is 79.9. The molecule has 2 aromatic rings. The van der Waals surface area contributed by atoms with Gasteiger partial charge >= 0.3 is 0 Å². The van der Waals surface area contributed by atoms with Crippen LogP contribution >= 0.6 is 28.1 Å². The molecular weight excluding hydrogens is 470 g/mol. The number of carbonyl (C=O) groups excluding carboxylic acids is 2. The van der Waals surface area contributed by atoms with E-state index in [1.165, 1.54) is 0 Å². The number of amides is 2. The maximum Gasteiger partial charge on any atom is 0.257 e. The van der Waals surface area contributed by atoms with Crippen molar-refractivity contribution in [1.82, 2.24) is 10.2 Å². The third kappa shape index (κ3) is 7.40. The Morgan fingerprint density at radius 1 is 1.10 bits per heavy atom. The number of thiocarbonyl (C=S) groups is 1. The fraction of sp³-hybridized carbons (Fsp3) is 0.286.